The summed E-state index contributed by atoms with van der Waals surface area (Å²) >= 11 is 0. The Balaban J connectivity index is 1.71. The molecule has 0 saturated heterocycles. The number of ether oxygens (including phenoxy) is 1. The maximum absolute atomic E-state index is 13.8. The quantitative estimate of drug-likeness (QED) is 0.591. The van der Waals surface area contributed by atoms with E-state index in [4.69, 9.17) is 4.74 Å². The maximum atomic E-state index is 13.8. The summed E-state index contributed by atoms with van der Waals surface area (Å²) in [5.41, 5.74) is 3.91. The summed E-state index contributed by atoms with van der Waals surface area (Å²) in [6.07, 6.45) is 2.86. The molecule has 36 heavy (non-hydrogen) atoms. The number of aromatic nitrogens is 1. The molecule has 0 fully saturated rings. The van der Waals surface area contributed by atoms with Gasteiger partial charge in [-0.1, -0.05) is 49.4 Å². The van der Waals surface area contributed by atoms with Gasteiger partial charge in [-0.25, -0.2) is 0 Å². The third-order valence-electron chi connectivity index (χ3n) is 6.82. The third-order valence-corrected chi connectivity index (χ3v) is 6.82. The third kappa shape index (κ3) is 5.48. The molecule has 7 nitrogen and oxygen atoms in total. The Morgan fingerprint density at radius 3 is 2.42 bits per heavy atom. The number of benzene rings is 2. The van der Waals surface area contributed by atoms with Gasteiger partial charge in [-0.15, -0.1) is 0 Å². The molecule has 0 aliphatic carbocycles. The molecule has 0 unspecified atom stereocenters. The fraction of sp³-hybridized carbons (Fsp3) is 0.345. The van der Waals surface area contributed by atoms with E-state index in [0.29, 0.717) is 30.8 Å². The van der Waals surface area contributed by atoms with Crippen LogP contribution < -0.4 is 0 Å². The number of amides is 2. The number of carbonyl (C=O) groups is 2. The maximum Gasteiger partial charge on any atom is 0.254 e. The second-order valence-corrected chi connectivity index (χ2v) is 9.44. The van der Waals surface area contributed by atoms with Crippen LogP contribution in [0, 0.1) is 5.92 Å². The smallest absolute Gasteiger partial charge is 0.254 e. The molecule has 1 aliphatic rings. The van der Waals surface area contributed by atoms with Crippen LogP contribution in [0.1, 0.15) is 40.1 Å². The lowest BCUT2D eigenvalue weighted by atomic mass is 9.94. The topological polar surface area (TPSA) is 83.0 Å². The largest absolute Gasteiger partial charge is 0.394 e. The predicted molar refractivity (Wildman–Crippen MR) is 138 cm³/mol. The highest BCUT2D eigenvalue weighted by molar-refractivity contribution is 6.01. The number of pyridine rings is 1. The molecule has 0 radical (unpaired) electrons. The lowest BCUT2D eigenvalue weighted by molar-refractivity contribution is -0.0209. The second-order valence-electron chi connectivity index (χ2n) is 9.44. The zero-order chi connectivity index (χ0) is 25.7. The van der Waals surface area contributed by atoms with Gasteiger partial charge in [0.1, 0.15) is 0 Å². The van der Waals surface area contributed by atoms with Gasteiger partial charge in [-0.05, 0) is 41.8 Å². The first-order valence-corrected chi connectivity index (χ1v) is 12.3. The van der Waals surface area contributed by atoms with Gasteiger partial charge in [0.05, 0.1) is 25.4 Å². The van der Waals surface area contributed by atoms with Gasteiger partial charge < -0.3 is 19.6 Å². The monoisotopic (exact) mass is 487 g/mol. The fourth-order valence-electron chi connectivity index (χ4n) is 4.62. The average molecular weight is 488 g/mol. The van der Waals surface area contributed by atoms with E-state index in [-0.39, 0.29) is 36.5 Å². The minimum atomic E-state index is -0.374. The van der Waals surface area contributed by atoms with Crippen LogP contribution in [0.2, 0.25) is 0 Å². The Morgan fingerprint density at radius 2 is 1.72 bits per heavy atom. The van der Waals surface area contributed by atoms with E-state index in [1.807, 2.05) is 62.4 Å². The number of nitrogens with zero attached hydrogens (tertiary/aromatic N) is 3. The number of aliphatic hydroxyl groups excluding tert-OH is 1. The number of hydrogen-bond donors (Lipinski definition) is 1. The molecule has 3 atom stereocenters. The first-order valence-electron chi connectivity index (χ1n) is 12.3. The minimum absolute atomic E-state index is 0.104. The number of carbonyl (C=O) groups excluding carboxylic acids is 2. The SMILES string of the molecule is C[C@@H]1CN([C@H](C)CO)C(=O)c2ccccc2-c2ccccc2CO[C@H]1CN(C)C(=O)c1ccncc1. The Kier molecular flexibility index (Phi) is 8.13. The number of hydrogen-bond acceptors (Lipinski definition) is 5. The minimum Gasteiger partial charge on any atom is -0.394 e. The second kappa shape index (κ2) is 11.5. The molecule has 0 bridgehead atoms. The number of rotatable bonds is 5. The van der Waals surface area contributed by atoms with Crippen molar-refractivity contribution in [3.8, 4) is 11.1 Å². The standard InChI is InChI=1S/C29H33N3O4/c1-20-16-32(21(2)18-33)29(35)26-11-7-6-10-25(26)24-9-5-4-8-23(24)19-36-27(20)17-31(3)28(34)22-12-14-30-15-13-22/h4-15,20-21,27,33H,16-19H2,1-3H3/t20-,21-,27+/m1/s1. The zero-order valence-electron chi connectivity index (χ0n) is 21.0. The van der Waals surface area contributed by atoms with E-state index in [9.17, 15) is 14.7 Å². The van der Waals surface area contributed by atoms with Gasteiger partial charge >= 0.3 is 0 Å². The molecule has 0 saturated carbocycles. The van der Waals surface area contributed by atoms with E-state index in [2.05, 4.69) is 4.98 Å². The van der Waals surface area contributed by atoms with Gasteiger partial charge in [-0.3, -0.25) is 14.6 Å². The van der Waals surface area contributed by atoms with E-state index < -0.39 is 0 Å². The average Bonchev–Trinajstić information content (AvgIpc) is 2.94. The Bertz CT molecular complexity index is 1200. The van der Waals surface area contributed by atoms with Crippen LogP contribution in [-0.2, 0) is 11.3 Å². The van der Waals surface area contributed by atoms with Gasteiger partial charge in [0.25, 0.3) is 11.8 Å². The van der Waals surface area contributed by atoms with E-state index in [1.165, 1.54) is 0 Å². The lowest BCUT2D eigenvalue weighted by Crippen LogP contribution is -2.47. The highest BCUT2D eigenvalue weighted by Gasteiger charge is 2.31. The molecule has 1 aromatic heterocycles. The molecule has 1 N–H and O–H groups in total. The molecule has 1 aliphatic heterocycles. The summed E-state index contributed by atoms with van der Waals surface area (Å²) < 4.78 is 6.47. The fourth-order valence-corrected chi connectivity index (χ4v) is 4.62. The summed E-state index contributed by atoms with van der Waals surface area (Å²) in [4.78, 5) is 34.2. The van der Waals surface area contributed by atoms with Crippen molar-refractivity contribution in [3.05, 3.63) is 89.7 Å². The first-order chi connectivity index (χ1) is 17.4. The van der Waals surface area contributed by atoms with Crippen LogP contribution in [0.15, 0.2) is 73.1 Å². The van der Waals surface area contributed by atoms with Gasteiger partial charge in [0.15, 0.2) is 0 Å². The normalized spacial score (nSPS) is 19.0. The van der Waals surface area contributed by atoms with Crippen LogP contribution in [0.3, 0.4) is 0 Å². The predicted octanol–water partition coefficient (Wildman–Crippen LogP) is 3.88. The van der Waals surface area contributed by atoms with E-state index >= 15 is 0 Å². The van der Waals surface area contributed by atoms with Crippen LogP contribution in [-0.4, -0.2) is 70.6 Å². The van der Waals surface area contributed by atoms with Crippen LogP contribution >= 0.6 is 0 Å². The van der Waals surface area contributed by atoms with Gasteiger partial charge in [-0.2, -0.15) is 0 Å². The number of likely N-dealkylation sites (N-methyl/N-ethyl adjacent to an activating group) is 1. The summed E-state index contributed by atoms with van der Waals surface area (Å²) in [7, 11) is 1.76. The number of aliphatic hydroxyl groups is 1. The Labute approximate surface area is 212 Å². The summed E-state index contributed by atoms with van der Waals surface area (Å²) in [6.45, 7) is 4.80. The van der Waals surface area contributed by atoms with Crippen LogP contribution in [0.25, 0.3) is 11.1 Å². The van der Waals surface area contributed by atoms with Gasteiger partial charge in [0.2, 0.25) is 0 Å². The van der Waals surface area contributed by atoms with Crippen molar-refractivity contribution < 1.29 is 19.4 Å². The first kappa shape index (κ1) is 25.5. The Morgan fingerprint density at radius 1 is 1.08 bits per heavy atom. The molecule has 7 heteroatoms. The lowest BCUT2D eigenvalue weighted by Gasteiger charge is -2.35. The molecule has 2 amide bonds. The van der Waals surface area contributed by atoms with Crippen molar-refractivity contribution in [3.63, 3.8) is 0 Å². The van der Waals surface area contributed by atoms with Crippen molar-refractivity contribution in [2.75, 3.05) is 26.7 Å². The molecular formula is C29H33N3O4. The molecule has 3 aromatic rings. The van der Waals surface area contributed by atoms with Crippen molar-refractivity contribution >= 4 is 11.8 Å². The summed E-state index contributed by atoms with van der Waals surface area (Å²) in [6, 6.07) is 18.5. The highest BCUT2D eigenvalue weighted by atomic mass is 16.5. The highest BCUT2D eigenvalue weighted by Crippen LogP contribution is 2.31. The molecule has 2 aromatic carbocycles. The molecular weight excluding hydrogens is 454 g/mol. The van der Waals surface area contributed by atoms with Crippen molar-refractivity contribution in [2.24, 2.45) is 5.92 Å². The Hall–Kier alpha value is -3.55. The van der Waals surface area contributed by atoms with E-state index in [0.717, 1.165) is 16.7 Å². The summed E-state index contributed by atoms with van der Waals surface area (Å²) in [5, 5.41) is 9.97. The van der Waals surface area contributed by atoms with Crippen molar-refractivity contribution in [2.45, 2.75) is 32.6 Å². The zero-order valence-corrected chi connectivity index (χ0v) is 21.0. The summed E-state index contributed by atoms with van der Waals surface area (Å²) in [5.74, 6) is -0.351. The molecule has 188 valence electrons. The van der Waals surface area contributed by atoms with Crippen molar-refractivity contribution in [1.82, 2.24) is 14.8 Å². The molecule has 2 heterocycles. The van der Waals surface area contributed by atoms with Crippen LogP contribution in [0.4, 0.5) is 0 Å². The molecule has 0 spiro atoms. The van der Waals surface area contributed by atoms with E-state index in [1.54, 1.807) is 41.4 Å². The van der Waals surface area contributed by atoms with Crippen LogP contribution in [0.5, 0.6) is 0 Å². The molecule has 4 rings (SSSR count). The van der Waals surface area contributed by atoms with Gasteiger partial charge in [0, 0.05) is 49.6 Å². The van der Waals surface area contributed by atoms with Crippen molar-refractivity contribution in [1.29, 1.82) is 0 Å². The number of fused-ring (bicyclic) bond motifs is 3.